The Hall–Kier alpha value is -2.12. The van der Waals surface area contributed by atoms with Gasteiger partial charge in [-0.25, -0.2) is 4.98 Å². The van der Waals surface area contributed by atoms with Gasteiger partial charge in [-0.2, -0.15) is 0 Å². The van der Waals surface area contributed by atoms with Crippen molar-refractivity contribution in [2.24, 2.45) is 5.73 Å². The number of hydrogen-bond donors (Lipinski definition) is 3. The zero-order valence-electron chi connectivity index (χ0n) is 11.5. The number of nitrogens with two attached hydrogens (primary N) is 1. The number of anilines is 1. The number of amides is 2. The van der Waals surface area contributed by atoms with Gasteiger partial charge in [0.2, 0.25) is 11.8 Å². The van der Waals surface area contributed by atoms with Crippen molar-refractivity contribution in [3.63, 3.8) is 0 Å². The van der Waals surface area contributed by atoms with Gasteiger partial charge in [0.05, 0.1) is 13.1 Å². The van der Waals surface area contributed by atoms with Crippen LogP contribution in [0.5, 0.6) is 0 Å². The molecule has 4 N–H and O–H groups in total. The molecule has 0 spiro atoms. The molecule has 0 aliphatic heterocycles. The van der Waals surface area contributed by atoms with E-state index in [2.05, 4.69) is 15.6 Å². The standard InChI is InChI=1S/C13H16N4O3.ClH/c1-2-13-17-9-5-8(3-4-10(9)20-13)16-12(19)7-15-11(18)6-14;/h3-5H,2,6-7,14H2,1H3,(H,15,18)(H,16,19);1H. The SMILES string of the molecule is CCc1nc2cc(NC(=O)CNC(=O)CN)ccc2o1.Cl. The molecule has 7 nitrogen and oxygen atoms in total. The minimum absolute atomic E-state index is 0. The number of fused-ring (bicyclic) bond motifs is 1. The quantitative estimate of drug-likeness (QED) is 0.757. The van der Waals surface area contributed by atoms with Crippen molar-refractivity contribution in [2.75, 3.05) is 18.4 Å². The first-order valence-electron chi connectivity index (χ1n) is 6.28. The van der Waals surface area contributed by atoms with Crippen molar-refractivity contribution < 1.29 is 14.0 Å². The van der Waals surface area contributed by atoms with E-state index in [9.17, 15) is 9.59 Å². The number of oxazole rings is 1. The number of nitrogens with zero attached hydrogens (tertiary/aromatic N) is 1. The summed E-state index contributed by atoms with van der Waals surface area (Å²) in [4.78, 5) is 26.8. The van der Waals surface area contributed by atoms with E-state index < -0.39 is 0 Å². The Balaban J connectivity index is 0.00000220. The van der Waals surface area contributed by atoms with Gasteiger partial charge in [-0.1, -0.05) is 6.92 Å². The first kappa shape index (κ1) is 16.9. The van der Waals surface area contributed by atoms with Gasteiger partial charge in [0.25, 0.3) is 0 Å². The molecule has 0 bridgehead atoms. The smallest absolute Gasteiger partial charge is 0.243 e. The highest BCUT2D eigenvalue weighted by atomic mass is 35.5. The van der Waals surface area contributed by atoms with Crippen LogP contribution in [0.2, 0.25) is 0 Å². The summed E-state index contributed by atoms with van der Waals surface area (Å²) in [5.74, 6) is -0.0521. The third kappa shape index (κ3) is 4.44. The molecule has 2 rings (SSSR count). The molecule has 0 atom stereocenters. The van der Waals surface area contributed by atoms with Crippen LogP contribution in [0.1, 0.15) is 12.8 Å². The first-order chi connectivity index (χ1) is 9.62. The molecule has 0 fully saturated rings. The normalized spacial score (nSPS) is 10.0. The summed E-state index contributed by atoms with van der Waals surface area (Å²) in [7, 11) is 0. The molecule has 1 aromatic carbocycles. The Morgan fingerprint density at radius 2 is 2.10 bits per heavy atom. The number of aromatic nitrogens is 1. The van der Waals surface area contributed by atoms with E-state index >= 15 is 0 Å². The van der Waals surface area contributed by atoms with Gasteiger partial charge < -0.3 is 20.8 Å². The van der Waals surface area contributed by atoms with Crippen LogP contribution in [0.3, 0.4) is 0 Å². The van der Waals surface area contributed by atoms with Gasteiger partial charge in [0, 0.05) is 12.1 Å². The van der Waals surface area contributed by atoms with Gasteiger partial charge in [-0.15, -0.1) is 12.4 Å². The van der Waals surface area contributed by atoms with Crippen LogP contribution in [0, 0.1) is 0 Å². The monoisotopic (exact) mass is 312 g/mol. The zero-order chi connectivity index (χ0) is 14.5. The molecule has 2 amide bonds. The molecule has 0 saturated carbocycles. The molecule has 114 valence electrons. The number of hydrogen-bond acceptors (Lipinski definition) is 5. The van der Waals surface area contributed by atoms with E-state index in [1.807, 2.05) is 6.92 Å². The van der Waals surface area contributed by atoms with Gasteiger partial charge in [0.15, 0.2) is 11.5 Å². The van der Waals surface area contributed by atoms with Crippen molar-refractivity contribution >= 4 is 41.0 Å². The Bertz CT molecular complexity index is 641. The molecular weight excluding hydrogens is 296 g/mol. The molecule has 2 aromatic rings. The minimum Gasteiger partial charge on any atom is -0.441 e. The minimum atomic E-state index is -0.375. The van der Waals surface area contributed by atoms with Crippen molar-refractivity contribution in [1.82, 2.24) is 10.3 Å². The van der Waals surface area contributed by atoms with E-state index in [4.69, 9.17) is 10.2 Å². The fourth-order valence-corrected chi connectivity index (χ4v) is 1.66. The lowest BCUT2D eigenvalue weighted by molar-refractivity contribution is -0.123. The number of carbonyl (C=O) groups is 2. The molecule has 1 aromatic heterocycles. The van der Waals surface area contributed by atoms with Crippen LogP contribution in [-0.4, -0.2) is 29.9 Å². The van der Waals surface area contributed by atoms with Crippen LogP contribution in [0.15, 0.2) is 22.6 Å². The van der Waals surface area contributed by atoms with Crippen LogP contribution in [0.4, 0.5) is 5.69 Å². The molecule has 0 unspecified atom stereocenters. The molecule has 21 heavy (non-hydrogen) atoms. The van der Waals surface area contributed by atoms with Gasteiger partial charge >= 0.3 is 0 Å². The highest BCUT2D eigenvalue weighted by molar-refractivity contribution is 5.96. The number of halogens is 1. The van der Waals surface area contributed by atoms with Crippen LogP contribution < -0.4 is 16.4 Å². The van der Waals surface area contributed by atoms with Gasteiger partial charge in [-0.05, 0) is 18.2 Å². The molecule has 0 radical (unpaired) electrons. The summed E-state index contributed by atoms with van der Waals surface area (Å²) in [6.07, 6.45) is 0.710. The van der Waals surface area contributed by atoms with Crippen LogP contribution >= 0.6 is 12.4 Å². The van der Waals surface area contributed by atoms with Crippen LogP contribution in [-0.2, 0) is 16.0 Å². The largest absolute Gasteiger partial charge is 0.441 e. The topological polar surface area (TPSA) is 110 Å². The van der Waals surface area contributed by atoms with E-state index in [-0.39, 0.29) is 37.3 Å². The molecule has 0 saturated heterocycles. The maximum Gasteiger partial charge on any atom is 0.243 e. The summed E-state index contributed by atoms with van der Waals surface area (Å²) in [5.41, 5.74) is 7.09. The second kappa shape index (κ2) is 7.61. The summed E-state index contributed by atoms with van der Waals surface area (Å²) in [5, 5.41) is 5.06. The number of carbonyl (C=O) groups excluding carboxylic acids is 2. The molecule has 1 heterocycles. The Kier molecular flexibility index (Phi) is 6.13. The second-order valence-electron chi connectivity index (χ2n) is 4.17. The maximum absolute atomic E-state index is 11.6. The summed E-state index contributed by atoms with van der Waals surface area (Å²) >= 11 is 0. The third-order valence-electron chi connectivity index (χ3n) is 2.65. The van der Waals surface area contributed by atoms with Crippen molar-refractivity contribution in [3.8, 4) is 0 Å². The van der Waals surface area contributed by atoms with E-state index in [0.717, 1.165) is 0 Å². The summed E-state index contributed by atoms with van der Waals surface area (Å²) < 4.78 is 5.48. The van der Waals surface area contributed by atoms with E-state index in [1.165, 1.54) is 0 Å². The number of nitrogens with one attached hydrogen (secondary N) is 2. The van der Waals surface area contributed by atoms with Crippen LogP contribution in [0.25, 0.3) is 11.1 Å². The molecule has 0 aliphatic rings. The Morgan fingerprint density at radius 3 is 2.76 bits per heavy atom. The fourth-order valence-electron chi connectivity index (χ4n) is 1.66. The van der Waals surface area contributed by atoms with E-state index in [0.29, 0.717) is 29.1 Å². The highest BCUT2D eigenvalue weighted by Crippen LogP contribution is 2.20. The number of rotatable bonds is 5. The number of aryl methyl sites for hydroxylation is 1. The third-order valence-corrected chi connectivity index (χ3v) is 2.65. The highest BCUT2D eigenvalue weighted by Gasteiger charge is 2.08. The summed E-state index contributed by atoms with van der Waals surface area (Å²) in [6, 6.07) is 5.19. The molecular formula is C13H17ClN4O3. The lowest BCUT2D eigenvalue weighted by atomic mass is 10.3. The maximum atomic E-state index is 11.6. The van der Waals surface area contributed by atoms with Gasteiger partial charge in [0.1, 0.15) is 5.52 Å². The van der Waals surface area contributed by atoms with Crippen molar-refractivity contribution in [1.29, 1.82) is 0 Å². The predicted octanol–water partition coefficient (Wildman–Crippen LogP) is 0.825. The average Bonchev–Trinajstić information content (AvgIpc) is 2.87. The molecule has 8 heteroatoms. The summed E-state index contributed by atoms with van der Waals surface area (Å²) in [6.45, 7) is 1.69. The number of benzene rings is 1. The second-order valence-corrected chi connectivity index (χ2v) is 4.17. The fraction of sp³-hybridized carbons (Fsp3) is 0.308. The van der Waals surface area contributed by atoms with Crippen molar-refractivity contribution in [3.05, 3.63) is 24.1 Å². The average molecular weight is 313 g/mol. The zero-order valence-corrected chi connectivity index (χ0v) is 12.3. The lowest BCUT2D eigenvalue weighted by Crippen LogP contribution is -2.36. The Morgan fingerprint density at radius 1 is 1.33 bits per heavy atom. The Labute approximate surface area is 127 Å². The molecule has 0 aliphatic carbocycles. The van der Waals surface area contributed by atoms with Gasteiger partial charge in [-0.3, -0.25) is 9.59 Å². The lowest BCUT2D eigenvalue weighted by Gasteiger charge is -2.05. The van der Waals surface area contributed by atoms with E-state index in [1.54, 1.807) is 18.2 Å². The predicted molar refractivity (Wildman–Crippen MR) is 81.3 cm³/mol. The first-order valence-corrected chi connectivity index (χ1v) is 6.28. The van der Waals surface area contributed by atoms with Crippen molar-refractivity contribution in [2.45, 2.75) is 13.3 Å².